The summed E-state index contributed by atoms with van der Waals surface area (Å²) in [6, 6.07) is -0.00787. The Labute approximate surface area is 83.6 Å². The van der Waals surface area contributed by atoms with Gasteiger partial charge in [-0.3, -0.25) is 0 Å². The lowest BCUT2D eigenvalue weighted by Gasteiger charge is -2.18. The third kappa shape index (κ3) is 2.49. The molecule has 1 aliphatic rings. The molecule has 0 bridgehead atoms. The predicted molar refractivity (Wildman–Crippen MR) is 56.9 cm³/mol. The largest absolute Gasteiger partial charge is 0.384 e. The molecule has 0 aromatic carbocycles. The average molecular weight is 180 g/mol. The topological polar surface area (TPSA) is 9.23 Å². The van der Waals surface area contributed by atoms with Gasteiger partial charge in [-0.25, -0.2) is 0 Å². The lowest BCUT2D eigenvalue weighted by molar-refractivity contribution is 0.0690. The quantitative estimate of drug-likeness (QED) is 0.604. The Hall–Kier alpha value is 0.0249. The van der Waals surface area contributed by atoms with Crippen LogP contribution in [0.15, 0.2) is 0 Å². The molecule has 2 radical (unpaired) electrons. The standard InChI is InChI=1S/C11H21BO/c1-4-6-7-9-8(3)10(5-2)13-11(9)12/h8-11H,4-7H2,1-3H3/t8-,9+,10+,11+/m0/s1. The summed E-state index contributed by atoms with van der Waals surface area (Å²) < 4.78 is 5.71. The molecule has 0 aromatic heterocycles. The van der Waals surface area contributed by atoms with Gasteiger partial charge in [0, 0.05) is 6.00 Å². The Morgan fingerprint density at radius 1 is 1.31 bits per heavy atom. The molecule has 0 aromatic rings. The number of unbranched alkanes of at least 4 members (excludes halogenated alkanes) is 1. The zero-order chi connectivity index (χ0) is 9.84. The van der Waals surface area contributed by atoms with Gasteiger partial charge in [-0.15, -0.1) is 0 Å². The number of hydrogen-bond donors (Lipinski definition) is 0. The molecule has 2 heteroatoms. The fraction of sp³-hybridized carbons (Fsp3) is 1.00. The Kier molecular flexibility index (Phi) is 4.31. The summed E-state index contributed by atoms with van der Waals surface area (Å²) in [7, 11) is 5.95. The van der Waals surface area contributed by atoms with Crippen LogP contribution in [0.3, 0.4) is 0 Å². The van der Waals surface area contributed by atoms with Crippen molar-refractivity contribution in [2.45, 2.75) is 58.6 Å². The average Bonchev–Trinajstić information content (AvgIpc) is 2.39. The lowest BCUT2D eigenvalue weighted by atomic mass is 9.77. The van der Waals surface area contributed by atoms with Gasteiger partial charge in [0.15, 0.2) is 0 Å². The molecule has 0 unspecified atom stereocenters. The normalized spacial score (nSPS) is 39.6. The molecule has 1 rings (SSSR count). The lowest BCUT2D eigenvalue weighted by Crippen LogP contribution is -2.19. The first-order valence-electron chi connectivity index (χ1n) is 5.61. The van der Waals surface area contributed by atoms with Crippen LogP contribution in [0, 0.1) is 11.8 Å². The third-order valence-electron chi connectivity index (χ3n) is 3.31. The highest BCUT2D eigenvalue weighted by atomic mass is 16.5. The van der Waals surface area contributed by atoms with E-state index in [0.717, 1.165) is 6.42 Å². The summed E-state index contributed by atoms with van der Waals surface area (Å²) in [6.45, 7) is 6.68. The van der Waals surface area contributed by atoms with E-state index in [1.807, 2.05) is 0 Å². The zero-order valence-electron chi connectivity index (χ0n) is 9.12. The van der Waals surface area contributed by atoms with Gasteiger partial charge >= 0.3 is 0 Å². The molecule has 1 fully saturated rings. The van der Waals surface area contributed by atoms with Gasteiger partial charge in [-0.1, -0.05) is 33.6 Å². The van der Waals surface area contributed by atoms with Crippen molar-refractivity contribution in [3.63, 3.8) is 0 Å². The van der Waals surface area contributed by atoms with Crippen molar-refractivity contribution in [2.24, 2.45) is 11.8 Å². The van der Waals surface area contributed by atoms with Gasteiger partial charge in [-0.05, 0) is 24.7 Å². The number of hydrogen-bond acceptors (Lipinski definition) is 1. The van der Waals surface area contributed by atoms with E-state index in [1.165, 1.54) is 19.3 Å². The Morgan fingerprint density at radius 2 is 2.00 bits per heavy atom. The fourth-order valence-electron chi connectivity index (χ4n) is 2.34. The van der Waals surface area contributed by atoms with Crippen LogP contribution in [0.5, 0.6) is 0 Å². The van der Waals surface area contributed by atoms with E-state index in [-0.39, 0.29) is 6.00 Å². The van der Waals surface area contributed by atoms with E-state index in [2.05, 4.69) is 20.8 Å². The van der Waals surface area contributed by atoms with Crippen LogP contribution >= 0.6 is 0 Å². The second-order valence-electron chi connectivity index (χ2n) is 4.21. The molecule has 1 nitrogen and oxygen atoms in total. The van der Waals surface area contributed by atoms with Crippen molar-refractivity contribution >= 4 is 7.85 Å². The maximum atomic E-state index is 5.95. The van der Waals surface area contributed by atoms with Crippen molar-refractivity contribution in [3.05, 3.63) is 0 Å². The van der Waals surface area contributed by atoms with Crippen molar-refractivity contribution in [1.29, 1.82) is 0 Å². The summed E-state index contributed by atoms with van der Waals surface area (Å²) in [5.74, 6) is 1.23. The van der Waals surface area contributed by atoms with Crippen LogP contribution in [0.1, 0.15) is 46.5 Å². The third-order valence-corrected chi connectivity index (χ3v) is 3.31. The maximum Gasteiger partial charge on any atom is 0.109 e. The molecule has 0 spiro atoms. The molecule has 0 amide bonds. The van der Waals surface area contributed by atoms with Gasteiger partial charge < -0.3 is 4.74 Å². The second kappa shape index (κ2) is 5.04. The van der Waals surface area contributed by atoms with Crippen LogP contribution in [0.25, 0.3) is 0 Å². The van der Waals surface area contributed by atoms with Crippen molar-refractivity contribution < 1.29 is 4.74 Å². The molecule has 4 atom stereocenters. The minimum Gasteiger partial charge on any atom is -0.384 e. The first kappa shape index (κ1) is 11.1. The van der Waals surface area contributed by atoms with Crippen LogP contribution in [-0.2, 0) is 4.74 Å². The van der Waals surface area contributed by atoms with Gasteiger partial charge in [0.1, 0.15) is 7.85 Å². The van der Waals surface area contributed by atoms with Crippen LogP contribution < -0.4 is 0 Å². The van der Waals surface area contributed by atoms with E-state index >= 15 is 0 Å². The van der Waals surface area contributed by atoms with E-state index < -0.39 is 0 Å². The zero-order valence-corrected chi connectivity index (χ0v) is 9.12. The monoisotopic (exact) mass is 180 g/mol. The van der Waals surface area contributed by atoms with Gasteiger partial charge in [0.2, 0.25) is 0 Å². The summed E-state index contributed by atoms with van der Waals surface area (Å²) in [5, 5.41) is 0. The second-order valence-corrected chi connectivity index (χ2v) is 4.21. The first-order chi connectivity index (χ1) is 6.20. The van der Waals surface area contributed by atoms with Gasteiger partial charge in [-0.2, -0.15) is 0 Å². The highest BCUT2D eigenvalue weighted by Crippen LogP contribution is 2.35. The van der Waals surface area contributed by atoms with E-state index in [9.17, 15) is 0 Å². The van der Waals surface area contributed by atoms with E-state index in [4.69, 9.17) is 12.6 Å². The Morgan fingerprint density at radius 3 is 2.46 bits per heavy atom. The summed E-state index contributed by atoms with van der Waals surface area (Å²) >= 11 is 0. The van der Waals surface area contributed by atoms with Crippen molar-refractivity contribution in [2.75, 3.05) is 0 Å². The first-order valence-corrected chi connectivity index (χ1v) is 5.61. The fourth-order valence-corrected chi connectivity index (χ4v) is 2.34. The highest BCUT2D eigenvalue weighted by molar-refractivity contribution is 6.11. The molecule has 0 aliphatic carbocycles. The van der Waals surface area contributed by atoms with Crippen LogP contribution in [0.4, 0.5) is 0 Å². The van der Waals surface area contributed by atoms with E-state index in [0.29, 0.717) is 17.9 Å². The number of rotatable bonds is 4. The number of ether oxygens (including phenoxy) is 1. The van der Waals surface area contributed by atoms with Crippen molar-refractivity contribution in [3.8, 4) is 0 Å². The molecule has 1 heterocycles. The highest BCUT2D eigenvalue weighted by Gasteiger charge is 2.36. The minimum absolute atomic E-state index is 0.00787. The van der Waals surface area contributed by atoms with Crippen LogP contribution in [-0.4, -0.2) is 20.0 Å². The molecule has 74 valence electrons. The SMILES string of the molecule is [B][C@@H]1O[C@H](CC)[C@@H](C)[C@H]1CCCC. The Balaban J connectivity index is 2.44. The van der Waals surface area contributed by atoms with Gasteiger partial charge in [0.25, 0.3) is 0 Å². The van der Waals surface area contributed by atoms with Crippen molar-refractivity contribution in [1.82, 2.24) is 0 Å². The predicted octanol–water partition coefficient (Wildman–Crippen LogP) is 2.73. The summed E-state index contributed by atoms with van der Waals surface area (Å²) in [4.78, 5) is 0. The van der Waals surface area contributed by atoms with Gasteiger partial charge in [0.05, 0.1) is 6.10 Å². The molecule has 1 saturated heterocycles. The molecule has 1 aliphatic heterocycles. The molecule has 0 saturated carbocycles. The summed E-state index contributed by atoms with van der Waals surface area (Å²) in [5.41, 5.74) is 0. The molecular weight excluding hydrogens is 159 g/mol. The van der Waals surface area contributed by atoms with E-state index in [1.54, 1.807) is 0 Å². The molecule has 0 N–H and O–H groups in total. The Bertz CT molecular complexity index is 149. The minimum atomic E-state index is -0.00787. The molecule has 13 heavy (non-hydrogen) atoms. The van der Waals surface area contributed by atoms with Crippen LogP contribution in [0.2, 0.25) is 0 Å². The maximum absolute atomic E-state index is 5.95. The molecular formula is C11H21BO. The summed E-state index contributed by atoms with van der Waals surface area (Å²) in [6.07, 6.45) is 5.26. The smallest absolute Gasteiger partial charge is 0.109 e.